The largest absolute Gasteiger partial charge is 0.389 e. The van der Waals surface area contributed by atoms with Crippen molar-refractivity contribution in [3.05, 3.63) is 35.4 Å². The molecule has 18 heavy (non-hydrogen) atoms. The molecule has 0 amide bonds. The quantitative estimate of drug-likeness (QED) is 0.846. The van der Waals surface area contributed by atoms with Crippen LogP contribution < -0.4 is 5.32 Å². The molecule has 0 radical (unpaired) electrons. The van der Waals surface area contributed by atoms with Gasteiger partial charge in [0.1, 0.15) is 11.6 Å². The van der Waals surface area contributed by atoms with E-state index in [0.717, 1.165) is 18.9 Å². The van der Waals surface area contributed by atoms with Crippen molar-refractivity contribution in [2.24, 2.45) is 0 Å². The fraction of sp³-hybridized carbons (Fsp3) is 0.571. The van der Waals surface area contributed by atoms with E-state index in [1.54, 1.807) is 0 Å². The summed E-state index contributed by atoms with van der Waals surface area (Å²) in [5.41, 5.74) is -0.284. The first kappa shape index (κ1) is 12.1. The third-order valence-corrected chi connectivity index (χ3v) is 4.04. The smallest absolute Gasteiger partial charge is 0.126 e. The monoisotopic (exact) mass is 253 g/mol. The maximum atomic E-state index is 13.1. The second-order valence-electron chi connectivity index (χ2n) is 5.72. The van der Waals surface area contributed by atoms with Crippen molar-refractivity contribution in [1.82, 2.24) is 5.32 Å². The predicted octanol–water partition coefficient (Wildman–Crippen LogP) is 2.15. The zero-order valence-corrected chi connectivity index (χ0v) is 10.1. The molecule has 2 fully saturated rings. The van der Waals surface area contributed by atoms with E-state index in [1.165, 1.54) is 12.1 Å². The SMILES string of the molecule is OC1(Cc2cc(F)cc(F)c2)CC2CCC(C1)N2. The highest BCUT2D eigenvalue weighted by Gasteiger charge is 2.42. The molecule has 0 aromatic heterocycles. The summed E-state index contributed by atoms with van der Waals surface area (Å²) in [6.45, 7) is 0. The molecule has 98 valence electrons. The van der Waals surface area contributed by atoms with Gasteiger partial charge in [-0.15, -0.1) is 0 Å². The predicted molar refractivity (Wildman–Crippen MR) is 64.2 cm³/mol. The van der Waals surface area contributed by atoms with Crippen LogP contribution in [0.5, 0.6) is 0 Å². The molecule has 0 saturated carbocycles. The Hall–Kier alpha value is -1.00. The molecular formula is C14H17F2NO. The van der Waals surface area contributed by atoms with Gasteiger partial charge in [-0.05, 0) is 43.4 Å². The summed E-state index contributed by atoms with van der Waals surface area (Å²) in [4.78, 5) is 0. The lowest BCUT2D eigenvalue weighted by Gasteiger charge is -2.37. The molecule has 1 aromatic rings. The van der Waals surface area contributed by atoms with Gasteiger partial charge in [0.25, 0.3) is 0 Å². The van der Waals surface area contributed by atoms with Crippen LogP contribution in [0.15, 0.2) is 18.2 Å². The van der Waals surface area contributed by atoms with Gasteiger partial charge in [-0.25, -0.2) is 8.78 Å². The van der Waals surface area contributed by atoms with Crippen LogP contribution in [0.4, 0.5) is 8.78 Å². The molecule has 0 spiro atoms. The van der Waals surface area contributed by atoms with Gasteiger partial charge in [0.2, 0.25) is 0 Å². The van der Waals surface area contributed by atoms with Gasteiger partial charge in [-0.1, -0.05) is 0 Å². The van der Waals surface area contributed by atoms with Gasteiger partial charge in [-0.2, -0.15) is 0 Å². The second-order valence-corrected chi connectivity index (χ2v) is 5.72. The Bertz CT molecular complexity index is 431. The Balaban J connectivity index is 1.79. The number of rotatable bonds is 2. The lowest BCUT2D eigenvalue weighted by atomic mass is 9.82. The molecule has 2 heterocycles. The Kier molecular flexibility index (Phi) is 2.87. The first-order valence-electron chi connectivity index (χ1n) is 6.46. The van der Waals surface area contributed by atoms with Crippen molar-refractivity contribution in [3.8, 4) is 0 Å². The fourth-order valence-corrected chi connectivity index (χ4v) is 3.46. The van der Waals surface area contributed by atoms with Gasteiger partial charge >= 0.3 is 0 Å². The number of hydrogen-bond acceptors (Lipinski definition) is 2. The molecule has 2 aliphatic heterocycles. The van der Waals surface area contributed by atoms with Crippen LogP contribution in [0.25, 0.3) is 0 Å². The highest BCUT2D eigenvalue weighted by molar-refractivity contribution is 5.21. The molecule has 2 bridgehead atoms. The normalized spacial score (nSPS) is 34.8. The molecule has 4 heteroatoms. The molecular weight excluding hydrogens is 236 g/mol. The molecule has 2 saturated heterocycles. The van der Waals surface area contributed by atoms with Crippen molar-refractivity contribution in [1.29, 1.82) is 0 Å². The minimum atomic E-state index is -0.822. The number of halogens is 2. The van der Waals surface area contributed by atoms with Crippen LogP contribution in [-0.2, 0) is 6.42 Å². The number of nitrogens with one attached hydrogen (secondary N) is 1. The molecule has 2 N–H and O–H groups in total. The van der Waals surface area contributed by atoms with Crippen LogP contribution in [0.2, 0.25) is 0 Å². The summed E-state index contributed by atoms with van der Waals surface area (Å²) >= 11 is 0. The van der Waals surface area contributed by atoms with E-state index in [0.29, 0.717) is 36.9 Å². The van der Waals surface area contributed by atoms with Crippen LogP contribution in [-0.4, -0.2) is 22.8 Å². The van der Waals surface area contributed by atoms with Gasteiger partial charge in [-0.3, -0.25) is 0 Å². The van der Waals surface area contributed by atoms with E-state index in [1.807, 2.05) is 0 Å². The van der Waals surface area contributed by atoms with Gasteiger partial charge in [0.05, 0.1) is 5.60 Å². The van der Waals surface area contributed by atoms with Crippen LogP contribution in [0, 0.1) is 11.6 Å². The summed E-state index contributed by atoms with van der Waals surface area (Å²) in [6, 6.07) is 4.19. The zero-order valence-electron chi connectivity index (χ0n) is 10.1. The van der Waals surface area contributed by atoms with Crippen molar-refractivity contribution in [2.45, 2.75) is 49.8 Å². The maximum absolute atomic E-state index is 13.1. The summed E-state index contributed by atoms with van der Waals surface area (Å²) in [6.07, 6.45) is 3.84. The van der Waals surface area contributed by atoms with Gasteiger partial charge in [0.15, 0.2) is 0 Å². The van der Waals surface area contributed by atoms with E-state index >= 15 is 0 Å². The summed E-state index contributed by atoms with van der Waals surface area (Å²) in [5.74, 6) is -1.16. The number of piperidine rings is 1. The zero-order chi connectivity index (χ0) is 12.8. The Morgan fingerprint density at radius 3 is 2.22 bits per heavy atom. The van der Waals surface area contributed by atoms with Crippen LogP contribution in [0.1, 0.15) is 31.2 Å². The first-order valence-corrected chi connectivity index (χ1v) is 6.46. The van der Waals surface area contributed by atoms with Crippen LogP contribution in [0.3, 0.4) is 0 Å². The third kappa shape index (κ3) is 2.40. The average Bonchev–Trinajstić information content (AvgIpc) is 2.56. The number of benzene rings is 1. The molecule has 2 unspecified atom stereocenters. The third-order valence-electron chi connectivity index (χ3n) is 4.04. The Morgan fingerprint density at radius 1 is 1.11 bits per heavy atom. The van der Waals surface area contributed by atoms with Crippen molar-refractivity contribution < 1.29 is 13.9 Å². The highest BCUT2D eigenvalue weighted by Crippen LogP contribution is 2.36. The van der Waals surface area contributed by atoms with E-state index in [2.05, 4.69) is 5.32 Å². The van der Waals surface area contributed by atoms with E-state index in [9.17, 15) is 13.9 Å². The average molecular weight is 253 g/mol. The number of fused-ring (bicyclic) bond motifs is 2. The molecule has 3 rings (SSSR count). The van der Waals surface area contributed by atoms with Gasteiger partial charge < -0.3 is 10.4 Å². The fourth-order valence-electron chi connectivity index (χ4n) is 3.46. The lowest BCUT2D eigenvalue weighted by Crippen LogP contribution is -2.49. The van der Waals surface area contributed by atoms with Crippen LogP contribution >= 0.6 is 0 Å². The molecule has 2 atom stereocenters. The molecule has 2 aliphatic rings. The summed E-state index contributed by atoms with van der Waals surface area (Å²) in [5, 5.41) is 14.0. The minimum Gasteiger partial charge on any atom is -0.389 e. The molecule has 1 aromatic carbocycles. The Morgan fingerprint density at radius 2 is 1.67 bits per heavy atom. The van der Waals surface area contributed by atoms with Crippen molar-refractivity contribution in [2.75, 3.05) is 0 Å². The topological polar surface area (TPSA) is 32.3 Å². The number of hydrogen-bond donors (Lipinski definition) is 2. The maximum Gasteiger partial charge on any atom is 0.126 e. The summed E-state index contributed by atoms with van der Waals surface area (Å²) in [7, 11) is 0. The number of aliphatic hydroxyl groups is 1. The molecule has 0 aliphatic carbocycles. The Labute approximate surface area is 105 Å². The highest BCUT2D eigenvalue weighted by atomic mass is 19.1. The first-order chi connectivity index (χ1) is 8.52. The van der Waals surface area contributed by atoms with Gasteiger partial charge in [0, 0.05) is 24.6 Å². The van der Waals surface area contributed by atoms with E-state index < -0.39 is 17.2 Å². The minimum absolute atomic E-state index is 0.330. The van der Waals surface area contributed by atoms with E-state index in [4.69, 9.17) is 0 Å². The standard InChI is InChI=1S/C14H17F2NO/c15-10-3-9(4-11(16)5-10)6-14(18)7-12-1-2-13(8-14)17-12/h3-5,12-13,17-18H,1-2,6-8H2. The van der Waals surface area contributed by atoms with Crippen molar-refractivity contribution in [3.63, 3.8) is 0 Å². The molecule has 2 nitrogen and oxygen atoms in total. The lowest BCUT2D eigenvalue weighted by molar-refractivity contribution is -0.00616. The van der Waals surface area contributed by atoms with Crippen molar-refractivity contribution >= 4 is 0 Å². The van der Waals surface area contributed by atoms with E-state index in [-0.39, 0.29) is 0 Å². The second kappa shape index (κ2) is 4.28. The summed E-state index contributed by atoms with van der Waals surface area (Å²) < 4.78 is 26.3.